The van der Waals surface area contributed by atoms with Crippen LogP contribution in [0.15, 0.2) is 30.6 Å². The van der Waals surface area contributed by atoms with Gasteiger partial charge in [-0.1, -0.05) is 0 Å². The molecule has 0 saturated heterocycles. The molecule has 2 heterocycles. The first-order valence-electron chi connectivity index (χ1n) is 9.66. The second kappa shape index (κ2) is 9.61. The molecule has 0 aromatic carbocycles. The Labute approximate surface area is 174 Å². The molecule has 3 rings (SSSR count). The van der Waals surface area contributed by atoms with Crippen molar-refractivity contribution in [3.8, 4) is 0 Å². The molecule has 0 spiro atoms. The van der Waals surface area contributed by atoms with Crippen LogP contribution in [0.4, 0.5) is 23.1 Å². The van der Waals surface area contributed by atoms with Gasteiger partial charge in [-0.15, -0.1) is 0 Å². The zero-order chi connectivity index (χ0) is 21.7. The van der Waals surface area contributed by atoms with E-state index < -0.39 is 24.2 Å². The molecule has 0 radical (unpaired) electrons. The highest BCUT2D eigenvalue weighted by molar-refractivity contribution is 5.71. The molecule has 160 valence electrons. The van der Waals surface area contributed by atoms with E-state index in [1.54, 1.807) is 12.4 Å². The van der Waals surface area contributed by atoms with Crippen molar-refractivity contribution in [3.63, 3.8) is 0 Å². The highest BCUT2D eigenvalue weighted by Gasteiger charge is 2.41. The van der Waals surface area contributed by atoms with Gasteiger partial charge in [0.25, 0.3) is 0 Å². The van der Waals surface area contributed by atoms with Crippen LogP contribution in [0, 0.1) is 25.2 Å². The van der Waals surface area contributed by atoms with E-state index in [0.29, 0.717) is 23.9 Å². The van der Waals surface area contributed by atoms with E-state index in [1.807, 2.05) is 26.0 Å². The van der Waals surface area contributed by atoms with E-state index in [2.05, 4.69) is 30.9 Å². The fourth-order valence-corrected chi connectivity index (χ4v) is 3.50. The molecule has 2 aromatic heterocycles. The summed E-state index contributed by atoms with van der Waals surface area (Å²) in [5.41, 5.74) is 3.06. The van der Waals surface area contributed by atoms with E-state index in [0.717, 1.165) is 23.3 Å². The zero-order valence-electron chi connectivity index (χ0n) is 16.9. The molecule has 10 nitrogen and oxygen atoms in total. The molecule has 4 atom stereocenters. The predicted molar refractivity (Wildman–Crippen MR) is 115 cm³/mol. The third-order valence-corrected chi connectivity index (χ3v) is 4.92. The topological polar surface area (TPSA) is 159 Å². The van der Waals surface area contributed by atoms with Crippen molar-refractivity contribution in [3.05, 3.63) is 42.0 Å². The molecular weight excluding hydrogens is 386 g/mol. The lowest BCUT2D eigenvalue weighted by molar-refractivity contribution is 0.00446. The van der Waals surface area contributed by atoms with Crippen molar-refractivity contribution in [2.24, 2.45) is 5.92 Å². The minimum atomic E-state index is -1.04. The Bertz CT molecular complexity index is 901. The molecule has 1 saturated carbocycles. The number of rotatable bonds is 8. The lowest BCUT2D eigenvalue weighted by Crippen LogP contribution is -2.35. The average Bonchev–Trinajstić information content (AvgIpc) is 2.97. The van der Waals surface area contributed by atoms with Crippen molar-refractivity contribution in [2.45, 2.75) is 38.5 Å². The zero-order valence-corrected chi connectivity index (χ0v) is 16.9. The summed E-state index contributed by atoms with van der Waals surface area (Å²) in [7, 11) is 0. The molecule has 10 heteroatoms. The number of nitrogens with zero attached hydrogens (tertiary/aromatic N) is 3. The van der Waals surface area contributed by atoms with E-state index in [9.17, 15) is 15.3 Å². The normalized spacial score (nSPS) is 23.5. The SMILES string of the molecule is Cc1cc(Nc2ncc(N/C=C\C=N)c(N[C@@H]3C[C@H](CO)[C@@H](O)[C@H]3O)n2)cc(C)n1. The number of nitrogens with one attached hydrogen (secondary N) is 4. The Morgan fingerprint density at radius 2 is 1.90 bits per heavy atom. The smallest absolute Gasteiger partial charge is 0.229 e. The van der Waals surface area contributed by atoms with Crippen LogP contribution in [0.25, 0.3) is 0 Å². The minimum absolute atomic E-state index is 0.207. The van der Waals surface area contributed by atoms with Crippen molar-refractivity contribution >= 4 is 29.4 Å². The number of pyridine rings is 1. The largest absolute Gasteiger partial charge is 0.396 e. The second-order valence-electron chi connectivity index (χ2n) is 7.30. The molecule has 1 fully saturated rings. The summed E-state index contributed by atoms with van der Waals surface area (Å²) >= 11 is 0. The maximum Gasteiger partial charge on any atom is 0.229 e. The summed E-state index contributed by atoms with van der Waals surface area (Å²) in [5, 5.41) is 46.2. The van der Waals surface area contributed by atoms with Gasteiger partial charge in [-0.2, -0.15) is 4.98 Å². The Morgan fingerprint density at radius 3 is 2.53 bits per heavy atom. The Hall–Kier alpha value is -3.08. The lowest BCUT2D eigenvalue weighted by Gasteiger charge is -2.20. The number of aliphatic hydroxyl groups is 3. The maximum absolute atomic E-state index is 10.3. The van der Waals surface area contributed by atoms with E-state index in [-0.39, 0.29) is 6.61 Å². The molecule has 0 bridgehead atoms. The number of aliphatic hydroxyl groups excluding tert-OH is 3. The van der Waals surface area contributed by atoms with Crippen LogP contribution in [0.1, 0.15) is 17.8 Å². The van der Waals surface area contributed by atoms with Crippen molar-refractivity contribution in [2.75, 3.05) is 22.6 Å². The molecule has 30 heavy (non-hydrogen) atoms. The predicted octanol–water partition coefficient (Wildman–Crippen LogP) is 1.32. The first-order chi connectivity index (χ1) is 14.4. The van der Waals surface area contributed by atoms with Crippen LogP contribution in [0.2, 0.25) is 0 Å². The number of hydrogen-bond acceptors (Lipinski definition) is 10. The highest BCUT2D eigenvalue weighted by Crippen LogP contribution is 2.31. The number of aromatic nitrogens is 3. The number of anilines is 4. The van der Waals surface area contributed by atoms with Crippen LogP contribution in [-0.4, -0.2) is 61.3 Å². The summed E-state index contributed by atoms with van der Waals surface area (Å²) in [5.74, 6) is 0.351. The fourth-order valence-electron chi connectivity index (χ4n) is 3.50. The first kappa shape index (κ1) is 21.6. The van der Waals surface area contributed by atoms with E-state index in [4.69, 9.17) is 5.41 Å². The summed E-state index contributed by atoms with van der Waals surface area (Å²) in [6.45, 7) is 3.60. The standard InChI is InChI=1S/C20H27N7O3/c1-11-6-14(7-12(2)24-11)25-20-23-9-16(22-5-3-4-21)19(27-20)26-15-8-13(10-28)17(29)18(15)30/h3-7,9,13,15,17-18,21-22,28-30H,8,10H2,1-2H3,(H2,23,24,25,26,27)/b5-3-,21-4?/t13-,15-,17-,18+/m1/s1. The molecule has 1 aliphatic rings. The summed E-state index contributed by atoms with van der Waals surface area (Å²) in [6.07, 6.45) is 4.13. The average molecular weight is 413 g/mol. The fraction of sp³-hybridized carbons (Fsp3) is 0.400. The van der Waals surface area contributed by atoms with Gasteiger partial charge in [0.1, 0.15) is 6.10 Å². The van der Waals surface area contributed by atoms with Gasteiger partial charge in [0, 0.05) is 42.0 Å². The van der Waals surface area contributed by atoms with E-state index in [1.165, 1.54) is 6.08 Å². The third-order valence-electron chi connectivity index (χ3n) is 4.92. The van der Waals surface area contributed by atoms with Crippen LogP contribution >= 0.6 is 0 Å². The maximum atomic E-state index is 10.3. The van der Waals surface area contributed by atoms with Gasteiger partial charge >= 0.3 is 0 Å². The summed E-state index contributed by atoms with van der Waals surface area (Å²) in [6, 6.07) is 3.27. The van der Waals surface area contributed by atoms with Crippen molar-refractivity contribution in [1.82, 2.24) is 15.0 Å². The molecular formula is C20H27N7O3. The minimum Gasteiger partial charge on any atom is -0.396 e. The lowest BCUT2D eigenvalue weighted by atomic mass is 10.1. The molecule has 7 N–H and O–H groups in total. The molecule has 0 unspecified atom stereocenters. The Kier molecular flexibility index (Phi) is 6.93. The molecule has 2 aromatic rings. The van der Waals surface area contributed by atoms with Gasteiger partial charge < -0.3 is 36.7 Å². The van der Waals surface area contributed by atoms with Crippen LogP contribution in [0.5, 0.6) is 0 Å². The first-order valence-corrected chi connectivity index (χ1v) is 9.66. The van der Waals surface area contributed by atoms with Gasteiger partial charge in [-0.3, -0.25) is 4.98 Å². The van der Waals surface area contributed by atoms with Crippen LogP contribution in [-0.2, 0) is 0 Å². The van der Waals surface area contributed by atoms with Gasteiger partial charge in [-0.25, -0.2) is 4.98 Å². The monoisotopic (exact) mass is 413 g/mol. The Balaban J connectivity index is 1.86. The molecule has 0 amide bonds. The van der Waals surface area contributed by atoms with Crippen LogP contribution in [0.3, 0.4) is 0 Å². The van der Waals surface area contributed by atoms with Gasteiger partial charge in [0.05, 0.1) is 24.0 Å². The number of hydrogen-bond donors (Lipinski definition) is 7. The quantitative estimate of drug-likeness (QED) is 0.317. The summed E-state index contributed by atoms with van der Waals surface area (Å²) in [4.78, 5) is 13.2. The van der Waals surface area contributed by atoms with Crippen LogP contribution < -0.4 is 16.0 Å². The highest BCUT2D eigenvalue weighted by atomic mass is 16.3. The molecule has 0 aliphatic heterocycles. The second-order valence-corrected chi connectivity index (χ2v) is 7.30. The van der Waals surface area contributed by atoms with Crippen molar-refractivity contribution in [1.29, 1.82) is 5.41 Å². The Morgan fingerprint density at radius 1 is 1.17 bits per heavy atom. The molecule has 1 aliphatic carbocycles. The van der Waals surface area contributed by atoms with Gasteiger partial charge in [-0.05, 0) is 38.5 Å². The number of aryl methyl sites for hydroxylation is 2. The third kappa shape index (κ3) is 5.09. The summed E-state index contributed by atoms with van der Waals surface area (Å²) < 4.78 is 0. The number of allylic oxidation sites excluding steroid dienone is 1. The van der Waals surface area contributed by atoms with E-state index >= 15 is 0 Å². The van der Waals surface area contributed by atoms with Crippen molar-refractivity contribution < 1.29 is 15.3 Å². The van der Waals surface area contributed by atoms with Gasteiger partial charge in [0.2, 0.25) is 5.95 Å². The van der Waals surface area contributed by atoms with Gasteiger partial charge in [0.15, 0.2) is 5.82 Å².